The molecule has 1 unspecified atom stereocenters. The summed E-state index contributed by atoms with van der Waals surface area (Å²) in [6.07, 6.45) is 0. The van der Waals surface area contributed by atoms with Crippen LogP contribution in [-0.4, -0.2) is 77.5 Å². The molecule has 4 rings (SSSR count). The van der Waals surface area contributed by atoms with E-state index in [0.29, 0.717) is 64.0 Å². The summed E-state index contributed by atoms with van der Waals surface area (Å²) in [7, 11) is 0. The molecule has 3 heterocycles. The summed E-state index contributed by atoms with van der Waals surface area (Å²) < 4.78 is 20.0. The summed E-state index contributed by atoms with van der Waals surface area (Å²) in [5, 5.41) is 11.3. The SMILES string of the molecule is CC(C)(C)C(=O)n1nc(C2CN(C(=O)N3CCOCC3)CCN2)cc1NCc1ccc(F)cc1. The monoisotopic (exact) mass is 472 g/mol. The van der Waals surface area contributed by atoms with Crippen molar-refractivity contribution in [2.24, 2.45) is 5.41 Å². The van der Waals surface area contributed by atoms with Crippen LogP contribution in [-0.2, 0) is 11.3 Å². The summed E-state index contributed by atoms with van der Waals surface area (Å²) in [6, 6.07) is 7.89. The van der Waals surface area contributed by atoms with Crippen LogP contribution in [0.25, 0.3) is 0 Å². The van der Waals surface area contributed by atoms with E-state index in [4.69, 9.17) is 4.74 Å². The van der Waals surface area contributed by atoms with Crippen molar-refractivity contribution < 1.29 is 18.7 Å². The zero-order valence-electron chi connectivity index (χ0n) is 20.0. The second-order valence-corrected chi connectivity index (χ2v) is 9.74. The van der Waals surface area contributed by atoms with Gasteiger partial charge in [-0.3, -0.25) is 4.79 Å². The number of ether oxygens (including phenoxy) is 1. The van der Waals surface area contributed by atoms with Gasteiger partial charge in [0.15, 0.2) is 0 Å². The summed E-state index contributed by atoms with van der Waals surface area (Å²) in [6.45, 7) is 10.00. The maximum absolute atomic E-state index is 13.2. The first-order valence-corrected chi connectivity index (χ1v) is 11.7. The van der Waals surface area contributed by atoms with Crippen molar-refractivity contribution in [3.05, 3.63) is 47.4 Å². The topological polar surface area (TPSA) is 91.7 Å². The maximum atomic E-state index is 13.2. The van der Waals surface area contributed by atoms with Crippen LogP contribution in [0.2, 0.25) is 0 Å². The highest BCUT2D eigenvalue weighted by molar-refractivity contribution is 5.86. The van der Waals surface area contributed by atoms with Crippen molar-refractivity contribution in [3.8, 4) is 0 Å². The van der Waals surface area contributed by atoms with Gasteiger partial charge in [0.25, 0.3) is 5.91 Å². The van der Waals surface area contributed by atoms with E-state index < -0.39 is 5.41 Å². The molecule has 184 valence electrons. The molecule has 0 radical (unpaired) electrons. The van der Waals surface area contributed by atoms with Crippen molar-refractivity contribution in [1.29, 1.82) is 0 Å². The lowest BCUT2D eigenvalue weighted by Gasteiger charge is -2.37. The number of hydrogen-bond donors (Lipinski definition) is 2. The Balaban J connectivity index is 1.52. The van der Waals surface area contributed by atoms with Gasteiger partial charge >= 0.3 is 6.03 Å². The zero-order valence-corrected chi connectivity index (χ0v) is 20.0. The Morgan fingerprint density at radius 3 is 2.53 bits per heavy atom. The van der Waals surface area contributed by atoms with E-state index in [9.17, 15) is 14.0 Å². The molecule has 2 aliphatic heterocycles. The first-order chi connectivity index (χ1) is 16.2. The lowest BCUT2D eigenvalue weighted by molar-refractivity contribution is 0.0406. The normalized spacial score (nSPS) is 19.2. The fourth-order valence-corrected chi connectivity index (χ4v) is 4.04. The van der Waals surface area contributed by atoms with Gasteiger partial charge in [0.1, 0.15) is 11.6 Å². The lowest BCUT2D eigenvalue weighted by Crippen LogP contribution is -2.54. The van der Waals surface area contributed by atoms with E-state index in [2.05, 4.69) is 15.7 Å². The number of morpholine rings is 1. The predicted molar refractivity (Wildman–Crippen MR) is 126 cm³/mol. The van der Waals surface area contributed by atoms with E-state index in [1.165, 1.54) is 16.8 Å². The van der Waals surface area contributed by atoms with Crippen LogP contribution in [0.4, 0.5) is 15.0 Å². The molecule has 2 aliphatic rings. The molecule has 0 spiro atoms. The predicted octanol–water partition coefficient (Wildman–Crippen LogP) is 2.72. The number of benzene rings is 1. The van der Waals surface area contributed by atoms with Crippen LogP contribution < -0.4 is 10.6 Å². The van der Waals surface area contributed by atoms with Crippen LogP contribution in [0.3, 0.4) is 0 Å². The van der Waals surface area contributed by atoms with Gasteiger partial charge < -0.3 is 25.2 Å². The van der Waals surface area contributed by atoms with E-state index in [0.717, 1.165) is 5.56 Å². The third kappa shape index (κ3) is 5.56. The molecule has 1 aromatic carbocycles. The number of nitrogens with one attached hydrogen (secondary N) is 2. The Bertz CT molecular complexity index is 1010. The summed E-state index contributed by atoms with van der Waals surface area (Å²) in [5.74, 6) is 0.133. The number of nitrogens with zero attached hydrogens (tertiary/aromatic N) is 4. The number of amides is 2. The smallest absolute Gasteiger partial charge is 0.320 e. The Morgan fingerprint density at radius 2 is 1.85 bits per heavy atom. The fourth-order valence-electron chi connectivity index (χ4n) is 4.04. The first kappa shape index (κ1) is 24.2. The quantitative estimate of drug-likeness (QED) is 0.711. The molecular weight excluding hydrogens is 439 g/mol. The molecule has 2 fully saturated rings. The molecule has 9 nitrogen and oxygen atoms in total. The van der Waals surface area contributed by atoms with Gasteiger partial charge in [-0.15, -0.1) is 0 Å². The molecule has 2 saturated heterocycles. The first-order valence-electron chi connectivity index (χ1n) is 11.7. The number of carbonyl (C=O) groups is 2. The van der Waals surface area contributed by atoms with Crippen molar-refractivity contribution in [2.75, 3.05) is 51.3 Å². The highest BCUT2D eigenvalue weighted by Crippen LogP contribution is 2.25. The third-order valence-electron chi connectivity index (χ3n) is 6.03. The van der Waals surface area contributed by atoms with Crippen LogP contribution in [0.15, 0.2) is 30.3 Å². The van der Waals surface area contributed by atoms with Crippen molar-refractivity contribution in [3.63, 3.8) is 0 Å². The van der Waals surface area contributed by atoms with Crippen LogP contribution >= 0.6 is 0 Å². The van der Waals surface area contributed by atoms with Crippen LogP contribution in [0.1, 0.15) is 42.9 Å². The van der Waals surface area contributed by atoms with Gasteiger partial charge in [-0.25, -0.2) is 9.18 Å². The molecule has 0 aliphatic carbocycles. The number of halogens is 1. The number of aromatic nitrogens is 2. The molecule has 2 N–H and O–H groups in total. The van der Waals surface area contributed by atoms with Crippen molar-refractivity contribution in [1.82, 2.24) is 24.9 Å². The van der Waals surface area contributed by atoms with Gasteiger partial charge in [-0.2, -0.15) is 9.78 Å². The number of urea groups is 1. The second-order valence-electron chi connectivity index (χ2n) is 9.74. The average Bonchev–Trinajstić information content (AvgIpc) is 3.27. The van der Waals surface area contributed by atoms with Gasteiger partial charge in [0, 0.05) is 50.7 Å². The average molecular weight is 473 g/mol. The van der Waals surface area contributed by atoms with Gasteiger partial charge in [0.2, 0.25) is 0 Å². The second kappa shape index (κ2) is 10.1. The Labute approximate surface area is 199 Å². The van der Waals surface area contributed by atoms with Gasteiger partial charge in [0.05, 0.1) is 24.9 Å². The number of carbonyl (C=O) groups excluding carboxylic acids is 2. The van der Waals surface area contributed by atoms with Crippen molar-refractivity contribution >= 4 is 17.8 Å². The molecule has 2 aromatic rings. The highest BCUT2D eigenvalue weighted by Gasteiger charge is 2.32. The van der Waals surface area contributed by atoms with Crippen LogP contribution in [0.5, 0.6) is 0 Å². The molecule has 2 amide bonds. The maximum Gasteiger partial charge on any atom is 0.320 e. The Hall–Kier alpha value is -2.98. The van der Waals surface area contributed by atoms with E-state index >= 15 is 0 Å². The minimum Gasteiger partial charge on any atom is -0.378 e. The molecule has 1 atom stereocenters. The number of anilines is 1. The summed E-state index contributed by atoms with van der Waals surface area (Å²) in [4.78, 5) is 29.8. The van der Waals surface area contributed by atoms with E-state index in [1.807, 2.05) is 36.6 Å². The van der Waals surface area contributed by atoms with Crippen molar-refractivity contribution in [2.45, 2.75) is 33.4 Å². The Kier molecular flexibility index (Phi) is 7.18. The Morgan fingerprint density at radius 1 is 1.15 bits per heavy atom. The van der Waals surface area contributed by atoms with Crippen LogP contribution in [0, 0.1) is 11.2 Å². The summed E-state index contributed by atoms with van der Waals surface area (Å²) in [5.41, 5.74) is 0.948. The van der Waals surface area contributed by atoms with Gasteiger partial charge in [-0.1, -0.05) is 32.9 Å². The molecule has 0 saturated carbocycles. The fraction of sp³-hybridized carbons (Fsp3) is 0.542. The zero-order chi connectivity index (χ0) is 24.3. The highest BCUT2D eigenvalue weighted by atomic mass is 19.1. The molecule has 10 heteroatoms. The molecule has 34 heavy (non-hydrogen) atoms. The molecule has 0 bridgehead atoms. The minimum absolute atomic E-state index is 0.00894. The number of piperazine rings is 1. The third-order valence-corrected chi connectivity index (χ3v) is 6.03. The van der Waals surface area contributed by atoms with E-state index in [-0.39, 0.29) is 23.8 Å². The molecular formula is C24H33FN6O3. The van der Waals surface area contributed by atoms with E-state index in [1.54, 1.807) is 12.1 Å². The standard InChI is InChI=1S/C24H33FN6O3/c1-24(2,3)22(32)31-21(27-15-17-4-6-18(25)7-5-17)14-19(28-31)20-16-30(9-8-26-20)23(33)29-10-12-34-13-11-29/h4-7,14,20,26-27H,8-13,15-16H2,1-3H3. The van der Waals surface area contributed by atoms with Gasteiger partial charge in [-0.05, 0) is 17.7 Å². The lowest BCUT2D eigenvalue weighted by atomic mass is 9.96. The minimum atomic E-state index is -0.631. The number of rotatable bonds is 4. The number of hydrogen-bond acceptors (Lipinski definition) is 6. The summed E-state index contributed by atoms with van der Waals surface area (Å²) >= 11 is 0. The molecule has 1 aromatic heterocycles. The largest absolute Gasteiger partial charge is 0.378 e.